The summed E-state index contributed by atoms with van der Waals surface area (Å²) < 4.78 is 0. The van der Waals surface area contributed by atoms with Crippen LogP contribution >= 0.6 is 11.6 Å². The standard InChI is InChI=1S/C15H23ClN2O2/c1-2-3-8-18(9-10-19)12-15(20)17-11-13-4-6-14(16)7-5-13/h4-7,19H,2-3,8-12H2,1H3,(H,17,20). The number of unbranched alkanes of at least 4 members (excludes halogenated alkanes) is 1. The number of hydrogen-bond donors (Lipinski definition) is 2. The molecule has 0 fully saturated rings. The van der Waals surface area contributed by atoms with Crippen molar-refractivity contribution >= 4 is 17.5 Å². The first-order valence-electron chi connectivity index (χ1n) is 7.00. The van der Waals surface area contributed by atoms with E-state index in [4.69, 9.17) is 16.7 Å². The predicted octanol–water partition coefficient (Wildman–Crippen LogP) is 2.05. The highest BCUT2D eigenvalue weighted by atomic mass is 35.5. The number of nitrogens with zero attached hydrogens (tertiary/aromatic N) is 1. The summed E-state index contributed by atoms with van der Waals surface area (Å²) in [7, 11) is 0. The smallest absolute Gasteiger partial charge is 0.234 e. The molecule has 1 amide bonds. The fourth-order valence-corrected chi connectivity index (χ4v) is 1.98. The van der Waals surface area contributed by atoms with Gasteiger partial charge in [0.1, 0.15) is 0 Å². The first-order chi connectivity index (χ1) is 9.65. The third kappa shape index (κ3) is 6.89. The van der Waals surface area contributed by atoms with Crippen LogP contribution in [0.15, 0.2) is 24.3 Å². The van der Waals surface area contributed by atoms with E-state index in [1.165, 1.54) is 0 Å². The minimum absolute atomic E-state index is 0.0236. The van der Waals surface area contributed by atoms with E-state index in [2.05, 4.69) is 12.2 Å². The van der Waals surface area contributed by atoms with Crippen molar-refractivity contribution in [3.8, 4) is 0 Å². The number of aliphatic hydroxyl groups is 1. The Morgan fingerprint density at radius 1 is 1.30 bits per heavy atom. The molecule has 1 aromatic rings. The van der Waals surface area contributed by atoms with Gasteiger partial charge in [0.25, 0.3) is 0 Å². The lowest BCUT2D eigenvalue weighted by atomic mass is 10.2. The molecule has 0 atom stereocenters. The molecule has 1 aromatic carbocycles. The quantitative estimate of drug-likeness (QED) is 0.734. The predicted molar refractivity (Wildman–Crippen MR) is 81.7 cm³/mol. The van der Waals surface area contributed by atoms with Crippen LogP contribution in [0.4, 0.5) is 0 Å². The van der Waals surface area contributed by atoms with Crippen molar-refractivity contribution in [2.45, 2.75) is 26.3 Å². The van der Waals surface area contributed by atoms with Crippen LogP contribution in [0.5, 0.6) is 0 Å². The van der Waals surface area contributed by atoms with Crippen LogP contribution in [-0.4, -0.2) is 42.2 Å². The number of hydrogen-bond acceptors (Lipinski definition) is 3. The van der Waals surface area contributed by atoms with Gasteiger partial charge in [-0.1, -0.05) is 37.1 Å². The first kappa shape index (κ1) is 17.0. The van der Waals surface area contributed by atoms with E-state index < -0.39 is 0 Å². The van der Waals surface area contributed by atoms with E-state index in [0.29, 0.717) is 24.7 Å². The SMILES string of the molecule is CCCCN(CCO)CC(=O)NCc1ccc(Cl)cc1. The minimum atomic E-state index is -0.0236. The van der Waals surface area contributed by atoms with Gasteiger partial charge in [0.2, 0.25) is 5.91 Å². The largest absolute Gasteiger partial charge is 0.395 e. The number of nitrogens with one attached hydrogen (secondary N) is 1. The van der Waals surface area contributed by atoms with Gasteiger partial charge in [0.15, 0.2) is 0 Å². The maximum atomic E-state index is 11.9. The van der Waals surface area contributed by atoms with Crippen LogP contribution in [0.25, 0.3) is 0 Å². The Bertz CT molecular complexity index is 395. The van der Waals surface area contributed by atoms with Gasteiger partial charge in [-0.3, -0.25) is 9.69 Å². The van der Waals surface area contributed by atoms with E-state index in [9.17, 15) is 4.79 Å². The molecule has 112 valence electrons. The van der Waals surface area contributed by atoms with Crippen molar-refractivity contribution in [3.05, 3.63) is 34.9 Å². The second-order valence-electron chi connectivity index (χ2n) is 4.76. The molecule has 0 saturated heterocycles. The second kappa shape index (κ2) is 9.75. The molecule has 0 aromatic heterocycles. The summed E-state index contributed by atoms with van der Waals surface area (Å²) in [6, 6.07) is 7.40. The number of rotatable bonds is 9. The summed E-state index contributed by atoms with van der Waals surface area (Å²) in [5, 5.41) is 12.6. The Morgan fingerprint density at radius 3 is 2.60 bits per heavy atom. The summed E-state index contributed by atoms with van der Waals surface area (Å²) in [5.41, 5.74) is 1.02. The number of carbonyl (C=O) groups is 1. The maximum absolute atomic E-state index is 11.9. The van der Waals surface area contributed by atoms with Crippen LogP contribution in [0.1, 0.15) is 25.3 Å². The number of carbonyl (C=O) groups excluding carboxylic acids is 1. The number of amides is 1. The third-order valence-electron chi connectivity index (χ3n) is 3.01. The molecule has 2 N–H and O–H groups in total. The molecule has 0 aliphatic carbocycles. The lowest BCUT2D eigenvalue weighted by Crippen LogP contribution is -2.38. The van der Waals surface area contributed by atoms with Crippen LogP contribution < -0.4 is 5.32 Å². The molecule has 0 radical (unpaired) electrons. The van der Waals surface area contributed by atoms with Crippen LogP contribution in [-0.2, 0) is 11.3 Å². The Labute approximate surface area is 125 Å². The fraction of sp³-hybridized carbons (Fsp3) is 0.533. The van der Waals surface area contributed by atoms with Gasteiger partial charge in [-0.2, -0.15) is 0 Å². The topological polar surface area (TPSA) is 52.6 Å². The zero-order valence-corrected chi connectivity index (χ0v) is 12.7. The normalized spacial score (nSPS) is 10.8. The Morgan fingerprint density at radius 2 is 2.00 bits per heavy atom. The van der Waals surface area contributed by atoms with E-state index >= 15 is 0 Å². The zero-order valence-electron chi connectivity index (χ0n) is 11.9. The number of benzene rings is 1. The van der Waals surface area contributed by atoms with Crippen molar-refractivity contribution in [1.82, 2.24) is 10.2 Å². The number of halogens is 1. The van der Waals surface area contributed by atoms with E-state index in [-0.39, 0.29) is 12.5 Å². The molecule has 0 bridgehead atoms. The molecule has 0 unspecified atom stereocenters. The van der Waals surface area contributed by atoms with Crippen molar-refractivity contribution < 1.29 is 9.90 Å². The highest BCUT2D eigenvalue weighted by molar-refractivity contribution is 6.30. The minimum Gasteiger partial charge on any atom is -0.395 e. The van der Waals surface area contributed by atoms with Gasteiger partial charge in [0, 0.05) is 18.1 Å². The highest BCUT2D eigenvalue weighted by Crippen LogP contribution is 2.09. The molecule has 0 aliphatic rings. The molecular formula is C15H23ClN2O2. The van der Waals surface area contributed by atoms with Crippen LogP contribution in [0.3, 0.4) is 0 Å². The molecule has 0 aliphatic heterocycles. The van der Waals surface area contributed by atoms with Crippen LogP contribution in [0, 0.1) is 0 Å². The average Bonchev–Trinajstić information content (AvgIpc) is 2.44. The Kier molecular flexibility index (Phi) is 8.26. The van der Waals surface area contributed by atoms with Crippen molar-refractivity contribution in [3.63, 3.8) is 0 Å². The molecule has 5 heteroatoms. The summed E-state index contributed by atoms with van der Waals surface area (Å²) in [4.78, 5) is 13.8. The Hall–Kier alpha value is -1.10. The molecule has 4 nitrogen and oxygen atoms in total. The monoisotopic (exact) mass is 298 g/mol. The van der Waals surface area contributed by atoms with E-state index in [1.54, 1.807) is 0 Å². The molecular weight excluding hydrogens is 276 g/mol. The molecule has 20 heavy (non-hydrogen) atoms. The van der Waals surface area contributed by atoms with Gasteiger partial charge in [-0.05, 0) is 30.7 Å². The molecule has 0 heterocycles. The van der Waals surface area contributed by atoms with Gasteiger partial charge in [0.05, 0.1) is 13.2 Å². The lowest BCUT2D eigenvalue weighted by Gasteiger charge is -2.20. The average molecular weight is 299 g/mol. The third-order valence-corrected chi connectivity index (χ3v) is 3.27. The first-order valence-corrected chi connectivity index (χ1v) is 7.38. The summed E-state index contributed by atoms with van der Waals surface area (Å²) in [6.45, 7) is 4.39. The van der Waals surface area contributed by atoms with Gasteiger partial charge in [-0.15, -0.1) is 0 Å². The summed E-state index contributed by atoms with van der Waals surface area (Å²) >= 11 is 5.81. The zero-order chi connectivity index (χ0) is 14.8. The Balaban J connectivity index is 2.35. The van der Waals surface area contributed by atoms with Crippen LogP contribution in [0.2, 0.25) is 5.02 Å². The fourth-order valence-electron chi connectivity index (χ4n) is 1.85. The number of aliphatic hydroxyl groups excluding tert-OH is 1. The van der Waals surface area contributed by atoms with Crippen molar-refractivity contribution in [1.29, 1.82) is 0 Å². The van der Waals surface area contributed by atoms with Gasteiger partial charge in [-0.25, -0.2) is 0 Å². The highest BCUT2D eigenvalue weighted by Gasteiger charge is 2.09. The molecule has 0 spiro atoms. The molecule has 0 saturated carbocycles. The van der Waals surface area contributed by atoms with Crippen molar-refractivity contribution in [2.75, 3.05) is 26.2 Å². The summed E-state index contributed by atoms with van der Waals surface area (Å²) in [5.74, 6) is -0.0236. The molecule has 1 rings (SSSR count). The van der Waals surface area contributed by atoms with Gasteiger partial charge < -0.3 is 10.4 Å². The lowest BCUT2D eigenvalue weighted by molar-refractivity contribution is -0.122. The van der Waals surface area contributed by atoms with Crippen molar-refractivity contribution in [2.24, 2.45) is 0 Å². The summed E-state index contributed by atoms with van der Waals surface area (Å²) in [6.07, 6.45) is 2.11. The van der Waals surface area contributed by atoms with E-state index in [0.717, 1.165) is 24.9 Å². The maximum Gasteiger partial charge on any atom is 0.234 e. The second-order valence-corrected chi connectivity index (χ2v) is 5.19. The van der Waals surface area contributed by atoms with Gasteiger partial charge >= 0.3 is 0 Å². The van der Waals surface area contributed by atoms with E-state index in [1.807, 2.05) is 29.2 Å².